The molecule has 1 N–H and O–H groups in total. The number of hydrogen-bond donors (Lipinski definition) is 1. The molecule has 1 aliphatic carbocycles. The van der Waals surface area contributed by atoms with Gasteiger partial charge in [-0.25, -0.2) is 21.9 Å². The number of benzene rings is 2. The molecule has 2 heterocycles. The van der Waals surface area contributed by atoms with Crippen LogP contribution in [-0.4, -0.2) is 56.8 Å². The van der Waals surface area contributed by atoms with Crippen LogP contribution >= 0.6 is 0 Å². The van der Waals surface area contributed by atoms with E-state index in [-0.39, 0.29) is 17.4 Å². The summed E-state index contributed by atoms with van der Waals surface area (Å²) in [6.07, 6.45) is 3.46. The highest BCUT2D eigenvalue weighted by atomic mass is 32.2. The zero-order valence-electron chi connectivity index (χ0n) is 18.3. The molecule has 0 aromatic heterocycles. The lowest BCUT2D eigenvalue weighted by Gasteiger charge is -2.34. The van der Waals surface area contributed by atoms with Crippen LogP contribution in [0.2, 0.25) is 0 Å². The summed E-state index contributed by atoms with van der Waals surface area (Å²) < 4.78 is 60.0. The molecule has 9 heteroatoms. The minimum Gasteiger partial charge on any atom is -0.368 e. The van der Waals surface area contributed by atoms with E-state index >= 15 is 0 Å². The number of ether oxygens (including phenoxy) is 1. The van der Waals surface area contributed by atoms with E-state index in [2.05, 4.69) is 4.72 Å². The normalized spacial score (nSPS) is 25.8. The summed E-state index contributed by atoms with van der Waals surface area (Å²) in [5.74, 6) is -1.41. The molecular formula is C24H26F2N2O4S. The van der Waals surface area contributed by atoms with Crippen molar-refractivity contribution in [3.8, 4) is 11.1 Å². The van der Waals surface area contributed by atoms with Gasteiger partial charge >= 0.3 is 0 Å². The zero-order valence-corrected chi connectivity index (χ0v) is 19.1. The molecule has 3 unspecified atom stereocenters. The van der Waals surface area contributed by atoms with Crippen molar-refractivity contribution in [2.45, 2.75) is 43.9 Å². The number of nitrogens with zero attached hydrogens (tertiary/aromatic N) is 1. The number of carbonyl (C=O) groups is 1. The molecule has 0 radical (unpaired) electrons. The third-order valence-corrected chi connectivity index (χ3v) is 7.67. The van der Waals surface area contributed by atoms with Gasteiger partial charge in [0.2, 0.25) is 10.0 Å². The first-order chi connectivity index (χ1) is 15.6. The molecule has 0 bridgehead atoms. The van der Waals surface area contributed by atoms with E-state index in [1.54, 1.807) is 17.0 Å². The number of sulfonamides is 1. The maximum absolute atomic E-state index is 13.7. The predicted molar refractivity (Wildman–Crippen MR) is 119 cm³/mol. The monoisotopic (exact) mass is 476 g/mol. The van der Waals surface area contributed by atoms with Crippen molar-refractivity contribution < 1.29 is 26.7 Å². The minimum atomic E-state index is -3.49. The second kappa shape index (κ2) is 8.14. The van der Waals surface area contributed by atoms with Crippen LogP contribution in [0.25, 0.3) is 11.1 Å². The molecule has 1 spiro atoms. The van der Waals surface area contributed by atoms with Crippen molar-refractivity contribution >= 4 is 15.9 Å². The Morgan fingerprint density at radius 1 is 1.15 bits per heavy atom. The summed E-state index contributed by atoms with van der Waals surface area (Å²) in [7, 11) is -3.49. The molecule has 1 amide bonds. The van der Waals surface area contributed by atoms with Crippen molar-refractivity contribution in [3.05, 3.63) is 59.7 Å². The lowest BCUT2D eigenvalue weighted by molar-refractivity contribution is -0.157. The molecule has 2 saturated heterocycles. The molecule has 3 atom stereocenters. The van der Waals surface area contributed by atoms with Crippen LogP contribution in [-0.2, 0) is 26.0 Å². The van der Waals surface area contributed by atoms with Crippen molar-refractivity contribution in [1.82, 2.24) is 9.62 Å². The lowest BCUT2D eigenvalue weighted by atomic mass is 9.91. The van der Waals surface area contributed by atoms with Gasteiger partial charge in [0.1, 0.15) is 17.7 Å². The summed E-state index contributed by atoms with van der Waals surface area (Å²) in [5.41, 5.74) is 1.67. The van der Waals surface area contributed by atoms with Crippen LogP contribution in [0, 0.1) is 17.0 Å². The first kappa shape index (κ1) is 22.4. The van der Waals surface area contributed by atoms with E-state index < -0.39 is 33.8 Å². The smallest absolute Gasteiger partial charge is 0.252 e. The quantitative estimate of drug-likeness (QED) is 0.696. The van der Waals surface area contributed by atoms with Crippen molar-refractivity contribution in [2.24, 2.45) is 5.41 Å². The molecule has 1 saturated carbocycles. The van der Waals surface area contributed by atoms with Gasteiger partial charge in [-0.1, -0.05) is 24.3 Å². The summed E-state index contributed by atoms with van der Waals surface area (Å²) >= 11 is 0. The number of halogens is 2. The van der Waals surface area contributed by atoms with Gasteiger partial charge in [0.05, 0.1) is 18.9 Å². The van der Waals surface area contributed by atoms with Crippen LogP contribution in [0.3, 0.4) is 0 Å². The summed E-state index contributed by atoms with van der Waals surface area (Å²) in [4.78, 5) is 14.9. The maximum Gasteiger partial charge on any atom is 0.252 e. The van der Waals surface area contributed by atoms with Gasteiger partial charge in [-0.2, -0.15) is 0 Å². The van der Waals surface area contributed by atoms with Gasteiger partial charge in [-0.15, -0.1) is 0 Å². The Hall–Kier alpha value is -2.36. The van der Waals surface area contributed by atoms with Crippen LogP contribution in [0.4, 0.5) is 8.78 Å². The van der Waals surface area contributed by atoms with E-state index in [4.69, 9.17) is 4.74 Å². The summed E-state index contributed by atoms with van der Waals surface area (Å²) in [5, 5.41) is 0. The van der Waals surface area contributed by atoms with Crippen molar-refractivity contribution in [2.75, 3.05) is 19.4 Å². The van der Waals surface area contributed by atoms with Crippen LogP contribution in [0.15, 0.2) is 42.5 Å². The van der Waals surface area contributed by atoms with Crippen LogP contribution < -0.4 is 4.72 Å². The SMILES string of the molecule is CS(=O)(=O)NC1C(Cc2cccc(-c3cc(F)cc(F)c3)c2)N(C(=O)C2CCO2)CC12CC2. The Bertz CT molecular complexity index is 1170. The highest BCUT2D eigenvalue weighted by Gasteiger charge is 2.61. The van der Waals surface area contributed by atoms with Gasteiger partial charge in [-0.05, 0) is 48.1 Å². The summed E-state index contributed by atoms with van der Waals surface area (Å²) in [6.45, 7) is 1.05. The van der Waals surface area contributed by atoms with Gasteiger partial charge < -0.3 is 9.64 Å². The Kier molecular flexibility index (Phi) is 5.54. The molecule has 2 aromatic carbocycles. The zero-order chi connectivity index (χ0) is 23.4. The predicted octanol–water partition coefficient (Wildman–Crippen LogP) is 2.87. The average Bonchev–Trinajstić information content (AvgIpc) is 3.41. The van der Waals surface area contributed by atoms with Crippen LogP contribution in [0.1, 0.15) is 24.8 Å². The number of nitrogens with one attached hydrogen (secondary N) is 1. The highest BCUT2D eigenvalue weighted by Crippen LogP contribution is 2.55. The molecule has 3 fully saturated rings. The number of amides is 1. The molecule has 33 heavy (non-hydrogen) atoms. The maximum atomic E-state index is 13.7. The van der Waals surface area contributed by atoms with Gasteiger partial charge in [0.25, 0.3) is 5.91 Å². The van der Waals surface area contributed by atoms with Crippen molar-refractivity contribution in [3.63, 3.8) is 0 Å². The summed E-state index contributed by atoms with van der Waals surface area (Å²) in [6, 6.07) is 9.90. The van der Waals surface area contributed by atoms with Gasteiger partial charge in [0, 0.05) is 30.5 Å². The van der Waals surface area contributed by atoms with Crippen molar-refractivity contribution in [1.29, 1.82) is 0 Å². The molecule has 6 nitrogen and oxygen atoms in total. The van der Waals surface area contributed by atoms with E-state index in [0.29, 0.717) is 37.1 Å². The number of rotatable bonds is 6. The second-order valence-electron chi connectivity index (χ2n) is 9.47. The Morgan fingerprint density at radius 3 is 2.42 bits per heavy atom. The highest BCUT2D eigenvalue weighted by molar-refractivity contribution is 7.88. The molecule has 5 rings (SSSR count). The minimum absolute atomic E-state index is 0.0984. The first-order valence-corrected chi connectivity index (χ1v) is 13.0. The fourth-order valence-corrected chi connectivity index (χ4v) is 6.00. The first-order valence-electron chi connectivity index (χ1n) is 11.1. The Labute approximate surface area is 192 Å². The average molecular weight is 477 g/mol. The third kappa shape index (κ3) is 4.54. The second-order valence-corrected chi connectivity index (χ2v) is 11.3. The molecule has 2 aromatic rings. The Morgan fingerprint density at radius 2 is 1.85 bits per heavy atom. The number of likely N-dealkylation sites (tertiary alicyclic amines) is 1. The van der Waals surface area contributed by atoms with E-state index in [1.807, 2.05) is 12.1 Å². The van der Waals surface area contributed by atoms with Crippen LogP contribution in [0.5, 0.6) is 0 Å². The van der Waals surface area contributed by atoms with E-state index in [1.165, 1.54) is 12.1 Å². The Balaban J connectivity index is 1.47. The lowest BCUT2D eigenvalue weighted by Crippen LogP contribution is -2.52. The number of carbonyl (C=O) groups excluding carboxylic acids is 1. The van der Waals surface area contributed by atoms with E-state index in [9.17, 15) is 22.0 Å². The standard InChI is InChI=1S/C24H26F2N2O4S/c1-33(30,31)27-22-20(28(14-24(22)6-7-24)23(29)21-5-8-32-21)10-15-3-2-4-16(9-15)17-11-18(25)13-19(26)12-17/h2-4,9,11-13,20-22,27H,5-8,10,14H2,1H3. The fourth-order valence-electron chi connectivity index (χ4n) is 5.13. The third-order valence-electron chi connectivity index (χ3n) is 6.99. The number of hydrogen-bond acceptors (Lipinski definition) is 4. The largest absolute Gasteiger partial charge is 0.368 e. The van der Waals surface area contributed by atoms with Gasteiger partial charge in [-0.3, -0.25) is 4.79 Å². The fraction of sp³-hybridized carbons (Fsp3) is 0.458. The van der Waals surface area contributed by atoms with Gasteiger partial charge in [0.15, 0.2) is 0 Å². The molecule has 2 aliphatic heterocycles. The topological polar surface area (TPSA) is 75.7 Å². The molecule has 3 aliphatic rings. The molecule has 176 valence electrons. The van der Waals surface area contributed by atoms with E-state index in [0.717, 1.165) is 30.7 Å². The molecular weight excluding hydrogens is 450 g/mol.